The molecular weight excluding hydrogens is 202 g/mol. The van der Waals surface area contributed by atoms with Gasteiger partial charge in [0.25, 0.3) is 5.91 Å². The van der Waals surface area contributed by atoms with Gasteiger partial charge in [0, 0.05) is 24.5 Å². The molecule has 1 aromatic carbocycles. The van der Waals surface area contributed by atoms with Crippen LogP contribution in [0.5, 0.6) is 0 Å². The van der Waals surface area contributed by atoms with Crippen molar-refractivity contribution in [2.45, 2.75) is 13.3 Å². The number of amides is 1. The number of hydrogen-bond acceptors (Lipinski definition) is 2. The van der Waals surface area contributed by atoms with Crippen LogP contribution in [0.2, 0.25) is 0 Å². The largest absolute Gasteiger partial charge is 0.342 e. The summed E-state index contributed by atoms with van der Waals surface area (Å²) in [4.78, 5) is 13.7. The van der Waals surface area contributed by atoms with E-state index in [1.54, 1.807) is 11.1 Å². The van der Waals surface area contributed by atoms with Crippen molar-refractivity contribution in [2.75, 3.05) is 13.6 Å². The third-order valence-corrected chi connectivity index (χ3v) is 2.59. The van der Waals surface area contributed by atoms with Crippen molar-refractivity contribution in [3.63, 3.8) is 0 Å². The van der Waals surface area contributed by atoms with Gasteiger partial charge >= 0.3 is 0 Å². The van der Waals surface area contributed by atoms with E-state index in [-0.39, 0.29) is 5.91 Å². The van der Waals surface area contributed by atoms with Gasteiger partial charge in [0.05, 0.1) is 11.7 Å². The highest BCUT2D eigenvalue weighted by Crippen LogP contribution is 2.14. The van der Waals surface area contributed by atoms with Crippen LogP contribution in [0.1, 0.15) is 23.7 Å². The summed E-state index contributed by atoms with van der Waals surface area (Å²) in [5.41, 5.74) is 1.60. The number of aromatic amines is 1. The minimum atomic E-state index is 0.0540. The summed E-state index contributed by atoms with van der Waals surface area (Å²) in [6.45, 7) is 2.84. The molecule has 0 aliphatic rings. The lowest BCUT2D eigenvalue weighted by Crippen LogP contribution is -2.27. The van der Waals surface area contributed by atoms with E-state index in [4.69, 9.17) is 0 Å². The van der Waals surface area contributed by atoms with E-state index >= 15 is 0 Å². The van der Waals surface area contributed by atoms with E-state index in [1.807, 2.05) is 25.2 Å². The number of carbonyl (C=O) groups is 1. The maximum absolute atomic E-state index is 12.0. The highest BCUT2D eigenvalue weighted by atomic mass is 16.2. The van der Waals surface area contributed by atoms with Crippen molar-refractivity contribution in [2.24, 2.45) is 0 Å². The molecule has 84 valence electrons. The topological polar surface area (TPSA) is 49.0 Å². The Kier molecular flexibility index (Phi) is 2.90. The Morgan fingerprint density at radius 2 is 2.31 bits per heavy atom. The molecule has 0 bridgehead atoms. The normalized spacial score (nSPS) is 10.6. The molecule has 0 aliphatic heterocycles. The van der Waals surface area contributed by atoms with Crippen molar-refractivity contribution >= 4 is 16.8 Å². The van der Waals surface area contributed by atoms with Crippen LogP contribution in [0.4, 0.5) is 0 Å². The third-order valence-electron chi connectivity index (χ3n) is 2.59. The predicted octanol–water partition coefficient (Wildman–Crippen LogP) is 2.04. The number of benzene rings is 1. The van der Waals surface area contributed by atoms with Gasteiger partial charge in [-0.25, -0.2) is 0 Å². The molecule has 0 fully saturated rings. The molecule has 0 atom stereocenters. The summed E-state index contributed by atoms with van der Waals surface area (Å²) >= 11 is 0. The fourth-order valence-corrected chi connectivity index (χ4v) is 1.73. The number of hydrogen-bond donors (Lipinski definition) is 1. The first-order valence-electron chi connectivity index (χ1n) is 5.41. The Morgan fingerprint density at radius 3 is 3.06 bits per heavy atom. The molecule has 1 amide bonds. The molecule has 16 heavy (non-hydrogen) atoms. The maximum atomic E-state index is 12.0. The van der Waals surface area contributed by atoms with Crippen molar-refractivity contribution in [3.8, 4) is 0 Å². The Morgan fingerprint density at radius 1 is 1.50 bits per heavy atom. The average molecular weight is 217 g/mol. The van der Waals surface area contributed by atoms with Crippen LogP contribution in [0, 0.1) is 0 Å². The minimum absolute atomic E-state index is 0.0540. The first kappa shape index (κ1) is 10.7. The molecule has 0 saturated carbocycles. The highest BCUT2D eigenvalue weighted by molar-refractivity contribution is 5.97. The summed E-state index contributed by atoms with van der Waals surface area (Å²) in [7, 11) is 1.82. The van der Waals surface area contributed by atoms with Crippen LogP contribution in [0.3, 0.4) is 0 Å². The van der Waals surface area contributed by atoms with Crippen LogP contribution in [-0.2, 0) is 0 Å². The zero-order valence-electron chi connectivity index (χ0n) is 9.53. The number of nitrogens with zero attached hydrogens (tertiary/aromatic N) is 2. The van der Waals surface area contributed by atoms with Gasteiger partial charge in [-0.05, 0) is 18.6 Å². The summed E-state index contributed by atoms with van der Waals surface area (Å²) in [5, 5.41) is 7.82. The van der Waals surface area contributed by atoms with Crippen LogP contribution < -0.4 is 0 Å². The Balaban J connectivity index is 2.28. The van der Waals surface area contributed by atoms with Crippen LogP contribution in [0.15, 0.2) is 24.4 Å². The summed E-state index contributed by atoms with van der Waals surface area (Å²) in [5.74, 6) is 0.0540. The van der Waals surface area contributed by atoms with Gasteiger partial charge in [0.1, 0.15) is 0 Å². The third kappa shape index (κ3) is 1.91. The van der Waals surface area contributed by atoms with E-state index in [9.17, 15) is 4.79 Å². The molecule has 2 aromatic rings. The van der Waals surface area contributed by atoms with Gasteiger partial charge in [-0.3, -0.25) is 9.89 Å². The number of rotatable bonds is 3. The number of aromatic nitrogens is 2. The second kappa shape index (κ2) is 4.35. The molecule has 4 nitrogen and oxygen atoms in total. The fourth-order valence-electron chi connectivity index (χ4n) is 1.73. The van der Waals surface area contributed by atoms with Gasteiger partial charge in [-0.1, -0.05) is 13.0 Å². The van der Waals surface area contributed by atoms with Gasteiger partial charge in [-0.2, -0.15) is 5.10 Å². The molecule has 1 aromatic heterocycles. The first-order chi connectivity index (χ1) is 7.72. The summed E-state index contributed by atoms with van der Waals surface area (Å²) < 4.78 is 0. The number of nitrogens with one attached hydrogen (secondary N) is 1. The van der Waals surface area contributed by atoms with Crippen molar-refractivity contribution in [1.82, 2.24) is 15.1 Å². The number of carbonyl (C=O) groups excluding carboxylic acids is 1. The van der Waals surface area contributed by atoms with E-state index in [0.29, 0.717) is 5.56 Å². The number of H-pyrrole nitrogens is 1. The molecule has 1 N–H and O–H groups in total. The van der Waals surface area contributed by atoms with Gasteiger partial charge in [-0.15, -0.1) is 0 Å². The fraction of sp³-hybridized carbons (Fsp3) is 0.333. The molecule has 0 aliphatic carbocycles. The second-order valence-corrected chi connectivity index (χ2v) is 3.90. The van der Waals surface area contributed by atoms with Crippen LogP contribution >= 0.6 is 0 Å². The Hall–Kier alpha value is -1.84. The molecule has 0 spiro atoms. The highest BCUT2D eigenvalue weighted by Gasteiger charge is 2.11. The average Bonchev–Trinajstić information content (AvgIpc) is 2.75. The first-order valence-corrected chi connectivity index (χ1v) is 5.41. The van der Waals surface area contributed by atoms with E-state index < -0.39 is 0 Å². The molecular formula is C12H15N3O. The van der Waals surface area contributed by atoms with Gasteiger partial charge in [0.2, 0.25) is 0 Å². The van der Waals surface area contributed by atoms with Crippen LogP contribution in [-0.4, -0.2) is 34.6 Å². The SMILES string of the molecule is CCCN(C)C(=O)c1ccc2cn[nH]c2c1. The minimum Gasteiger partial charge on any atom is -0.342 e. The zero-order chi connectivity index (χ0) is 11.5. The predicted molar refractivity (Wildman–Crippen MR) is 63.3 cm³/mol. The lowest BCUT2D eigenvalue weighted by Gasteiger charge is -2.15. The standard InChI is InChI=1S/C12H15N3O/c1-3-6-15(2)12(16)9-4-5-10-8-13-14-11(10)7-9/h4-5,7-8H,3,6H2,1-2H3,(H,13,14). The summed E-state index contributed by atoms with van der Waals surface area (Å²) in [6.07, 6.45) is 2.72. The lowest BCUT2D eigenvalue weighted by molar-refractivity contribution is 0.0795. The van der Waals surface area contributed by atoms with E-state index in [1.165, 1.54) is 0 Å². The van der Waals surface area contributed by atoms with Crippen molar-refractivity contribution in [1.29, 1.82) is 0 Å². The van der Waals surface area contributed by atoms with E-state index in [2.05, 4.69) is 17.1 Å². The quantitative estimate of drug-likeness (QED) is 0.855. The maximum Gasteiger partial charge on any atom is 0.253 e. The van der Waals surface area contributed by atoms with Gasteiger partial charge in [0.15, 0.2) is 0 Å². The molecule has 0 saturated heterocycles. The molecule has 0 unspecified atom stereocenters. The Bertz CT molecular complexity index is 504. The molecule has 2 rings (SSSR count). The zero-order valence-corrected chi connectivity index (χ0v) is 9.53. The monoisotopic (exact) mass is 217 g/mol. The second-order valence-electron chi connectivity index (χ2n) is 3.90. The molecule has 1 heterocycles. The van der Waals surface area contributed by atoms with Crippen molar-refractivity contribution in [3.05, 3.63) is 30.0 Å². The Labute approximate surface area is 94.3 Å². The van der Waals surface area contributed by atoms with Gasteiger partial charge < -0.3 is 4.90 Å². The number of fused-ring (bicyclic) bond motifs is 1. The van der Waals surface area contributed by atoms with Crippen LogP contribution in [0.25, 0.3) is 10.9 Å². The lowest BCUT2D eigenvalue weighted by atomic mass is 10.1. The summed E-state index contributed by atoms with van der Waals surface area (Å²) in [6, 6.07) is 5.59. The smallest absolute Gasteiger partial charge is 0.253 e. The molecule has 0 radical (unpaired) electrons. The van der Waals surface area contributed by atoms with Crippen molar-refractivity contribution < 1.29 is 4.79 Å². The molecule has 4 heteroatoms. The van der Waals surface area contributed by atoms with E-state index in [0.717, 1.165) is 23.9 Å².